The summed E-state index contributed by atoms with van der Waals surface area (Å²) in [6.07, 6.45) is 4.36. The van der Waals surface area contributed by atoms with Crippen molar-refractivity contribution in [2.45, 2.75) is 25.7 Å². The summed E-state index contributed by atoms with van der Waals surface area (Å²) in [5.74, 6) is -2.12. The molecule has 0 aliphatic carbocycles. The molecule has 11 heteroatoms. The van der Waals surface area contributed by atoms with Gasteiger partial charge in [0.15, 0.2) is 11.6 Å². The van der Waals surface area contributed by atoms with Crippen LogP contribution in [0.15, 0.2) is 34.6 Å². The van der Waals surface area contributed by atoms with Gasteiger partial charge in [-0.2, -0.15) is 0 Å². The molecule has 6 nitrogen and oxygen atoms in total. The summed E-state index contributed by atoms with van der Waals surface area (Å²) in [6.45, 7) is 4.81. The maximum absolute atomic E-state index is 13.6. The molecule has 37 heavy (non-hydrogen) atoms. The Morgan fingerprint density at radius 2 is 1.89 bits per heavy atom. The molecule has 0 atom stereocenters. The molecule has 1 aromatic carbocycles. The van der Waals surface area contributed by atoms with Crippen molar-refractivity contribution in [2.75, 3.05) is 46.0 Å². The van der Waals surface area contributed by atoms with Crippen LogP contribution in [0.1, 0.15) is 30.6 Å². The number of nitrogens with zero attached hydrogens (tertiary/aromatic N) is 2. The Labute approximate surface area is 228 Å². The summed E-state index contributed by atoms with van der Waals surface area (Å²) in [5.41, 5.74) is 1.33. The number of amides is 1. The van der Waals surface area contributed by atoms with Crippen LogP contribution in [-0.4, -0.2) is 72.0 Å². The number of unbranched alkanes of at least 4 members (excludes halogenated alkanes) is 2. The number of esters is 1. The van der Waals surface area contributed by atoms with Crippen molar-refractivity contribution < 1.29 is 27.8 Å². The summed E-state index contributed by atoms with van der Waals surface area (Å²) in [4.78, 5) is 30.0. The fraction of sp³-hybridized carbons (Fsp3) is 0.423. The molecule has 0 bridgehead atoms. The Hall–Kier alpha value is -2.18. The molecule has 2 aliphatic heterocycles. The highest BCUT2D eigenvalue weighted by molar-refractivity contribution is 8.26. The fourth-order valence-corrected chi connectivity index (χ4v) is 6.20. The van der Waals surface area contributed by atoms with E-state index in [2.05, 4.69) is 4.90 Å². The maximum atomic E-state index is 13.6. The molecule has 4 rings (SSSR count). The van der Waals surface area contributed by atoms with Crippen molar-refractivity contribution in [3.8, 4) is 11.1 Å². The first-order chi connectivity index (χ1) is 17.9. The third-order valence-corrected chi connectivity index (χ3v) is 8.31. The second-order valence-corrected chi connectivity index (χ2v) is 11.3. The topological polar surface area (TPSA) is 59.1 Å². The highest BCUT2D eigenvalue weighted by Crippen LogP contribution is 2.35. The average molecular weight is 567 g/mol. The fourth-order valence-electron chi connectivity index (χ4n) is 3.98. The zero-order valence-corrected chi connectivity index (χ0v) is 22.7. The van der Waals surface area contributed by atoms with E-state index in [0.717, 1.165) is 68.3 Å². The first-order valence-electron chi connectivity index (χ1n) is 12.2. The van der Waals surface area contributed by atoms with E-state index in [9.17, 15) is 18.4 Å². The first-order valence-corrected chi connectivity index (χ1v) is 14.3. The lowest BCUT2D eigenvalue weighted by Crippen LogP contribution is -2.38. The number of ether oxygens (including phenoxy) is 2. The number of hydrogen-bond donors (Lipinski definition) is 0. The molecule has 0 unspecified atom stereocenters. The van der Waals surface area contributed by atoms with E-state index in [4.69, 9.17) is 21.7 Å². The number of hydrogen-bond acceptors (Lipinski definition) is 8. The maximum Gasteiger partial charge on any atom is 0.305 e. The molecule has 2 aliphatic rings. The monoisotopic (exact) mass is 566 g/mol. The van der Waals surface area contributed by atoms with Gasteiger partial charge in [-0.1, -0.05) is 36.5 Å². The second kappa shape index (κ2) is 13.6. The van der Waals surface area contributed by atoms with E-state index in [1.807, 2.05) is 11.4 Å². The van der Waals surface area contributed by atoms with Gasteiger partial charge in [-0.05, 0) is 53.6 Å². The number of carbonyl (C=O) groups excluding carboxylic acids is 2. The van der Waals surface area contributed by atoms with E-state index < -0.39 is 11.6 Å². The predicted octanol–water partition coefficient (Wildman–Crippen LogP) is 5.33. The first kappa shape index (κ1) is 27.8. The number of carbonyl (C=O) groups is 2. The lowest BCUT2D eigenvalue weighted by Gasteiger charge is -2.26. The van der Waals surface area contributed by atoms with Crippen molar-refractivity contribution in [2.24, 2.45) is 0 Å². The van der Waals surface area contributed by atoms with Crippen LogP contribution in [0.4, 0.5) is 8.78 Å². The lowest BCUT2D eigenvalue weighted by atomic mass is 10.1. The van der Waals surface area contributed by atoms with Crippen molar-refractivity contribution in [3.05, 3.63) is 51.1 Å². The summed E-state index contributed by atoms with van der Waals surface area (Å²) in [5, 5.41) is 1.84. The van der Waals surface area contributed by atoms with Gasteiger partial charge in [0.1, 0.15) is 10.9 Å². The van der Waals surface area contributed by atoms with Crippen molar-refractivity contribution >= 4 is 57.6 Å². The molecule has 1 aromatic heterocycles. The van der Waals surface area contributed by atoms with Gasteiger partial charge in [0, 0.05) is 37.5 Å². The number of thioether (sulfide) groups is 1. The van der Waals surface area contributed by atoms with Crippen LogP contribution in [0, 0.1) is 11.6 Å². The van der Waals surface area contributed by atoms with Gasteiger partial charge in [-0.25, -0.2) is 8.78 Å². The number of thiocarbonyl (C=S) groups is 1. The molecule has 0 radical (unpaired) electrons. The molecule has 2 fully saturated rings. The van der Waals surface area contributed by atoms with E-state index in [1.165, 1.54) is 29.2 Å². The molecule has 198 valence electrons. The summed E-state index contributed by atoms with van der Waals surface area (Å²) < 4.78 is 37.9. The van der Waals surface area contributed by atoms with Gasteiger partial charge >= 0.3 is 5.97 Å². The van der Waals surface area contributed by atoms with Gasteiger partial charge in [0.05, 0.1) is 18.1 Å². The Kier molecular flexibility index (Phi) is 10.2. The Morgan fingerprint density at radius 3 is 2.68 bits per heavy atom. The van der Waals surface area contributed by atoms with Gasteiger partial charge in [-0.3, -0.25) is 19.4 Å². The van der Waals surface area contributed by atoms with Gasteiger partial charge in [-0.15, -0.1) is 11.3 Å². The average Bonchev–Trinajstić information content (AvgIpc) is 3.46. The van der Waals surface area contributed by atoms with Crippen LogP contribution in [0.2, 0.25) is 0 Å². The van der Waals surface area contributed by atoms with Crippen LogP contribution in [0.25, 0.3) is 17.2 Å². The third kappa shape index (κ3) is 7.90. The number of benzene rings is 1. The van der Waals surface area contributed by atoms with Crippen LogP contribution in [-0.2, 0) is 19.1 Å². The minimum atomic E-state index is -0.896. The number of rotatable bonds is 11. The largest absolute Gasteiger partial charge is 0.464 e. The van der Waals surface area contributed by atoms with Crippen LogP contribution < -0.4 is 0 Å². The zero-order valence-electron chi connectivity index (χ0n) is 20.3. The van der Waals surface area contributed by atoms with Crippen LogP contribution in [0.5, 0.6) is 0 Å². The summed E-state index contributed by atoms with van der Waals surface area (Å²) in [7, 11) is 0. The zero-order chi connectivity index (χ0) is 26.2. The molecule has 0 saturated carbocycles. The van der Waals surface area contributed by atoms with Crippen LogP contribution in [0.3, 0.4) is 0 Å². The molecule has 2 saturated heterocycles. The highest BCUT2D eigenvalue weighted by Gasteiger charge is 2.31. The SMILES string of the molecule is O=C(CCCCCN1C(=O)C(=Cc2cc(-c3ccc(F)c(F)c3)cs2)SC1=S)OCCN1CCOCC1. The van der Waals surface area contributed by atoms with Crippen molar-refractivity contribution in [1.82, 2.24) is 9.80 Å². The summed E-state index contributed by atoms with van der Waals surface area (Å²) in [6, 6.07) is 5.62. The van der Waals surface area contributed by atoms with Crippen molar-refractivity contribution in [1.29, 1.82) is 0 Å². The number of halogens is 2. The molecule has 0 N–H and O–H groups in total. The summed E-state index contributed by atoms with van der Waals surface area (Å²) >= 11 is 8.08. The Bertz CT molecular complexity index is 1160. The molecule has 0 spiro atoms. The minimum absolute atomic E-state index is 0.139. The van der Waals surface area contributed by atoms with E-state index in [-0.39, 0.29) is 11.9 Å². The molecule has 3 heterocycles. The van der Waals surface area contributed by atoms with Crippen molar-refractivity contribution in [3.63, 3.8) is 0 Å². The molecular weight excluding hydrogens is 538 g/mol. The highest BCUT2D eigenvalue weighted by atomic mass is 32.2. The molecule has 2 aromatic rings. The smallest absolute Gasteiger partial charge is 0.305 e. The normalized spacial score (nSPS) is 17.7. The quantitative estimate of drug-likeness (QED) is 0.158. The molecular formula is C26H28F2N2O4S3. The van der Waals surface area contributed by atoms with E-state index in [0.29, 0.717) is 40.8 Å². The third-order valence-electron chi connectivity index (χ3n) is 6.06. The van der Waals surface area contributed by atoms with Gasteiger partial charge in [0.2, 0.25) is 0 Å². The minimum Gasteiger partial charge on any atom is -0.464 e. The van der Waals surface area contributed by atoms with E-state index in [1.54, 1.807) is 11.0 Å². The van der Waals surface area contributed by atoms with Crippen LogP contribution >= 0.6 is 35.3 Å². The standard InChI is InChI=1S/C26H28F2N2O4S3/c27-21-6-5-18(15-22(21)28)19-14-20(36-17-19)16-23-25(32)30(26(35)37-23)7-3-1-2-4-24(31)34-13-10-29-8-11-33-12-9-29/h5-6,14-17H,1-4,7-13H2. The van der Waals surface area contributed by atoms with Gasteiger partial charge < -0.3 is 9.47 Å². The Morgan fingerprint density at radius 1 is 1.08 bits per heavy atom. The van der Waals surface area contributed by atoms with Gasteiger partial charge in [0.25, 0.3) is 5.91 Å². The molecule has 1 amide bonds. The number of morpholine rings is 1. The predicted molar refractivity (Wildman–Crippen MR) is 146 cm³/mol. The Balaban J connectivity index is 1.18. The lowest BCUT2D eigenvalue weighted by molar-refractivity contribution is -0.144. The number of thiophene rings is 1. The van der Waals surface area contributed by atoms with E-state index >= 15 is 0 Å². The second-order valence-electron chi connectivity index (χ2n) is 8.69.